The molecule has 0 aliphatic carbocycles. The first-order chi connectivity index (χ1) is 10.6. The van der Waals surface area contributed by atoms with Gasteiger partial charge in [-0.3, -0.25) is 0 Å². The van der Waals surface area contributed by atoms with Gasteiger partial charge in [-0.15, -0.1) is 0 Å². The van der Waals surface area contributed by atoms with Gasteiger partial charge in [-0.25, -0.2) is 0 Å². The second-order valence-electron chi connectivity index (χ2n) is 5.72. The van der Waals surface area contributed by atoms with Crippen molar-refractivity contribution in [2.75, 3.05) is 5.32 Å². The minimum Gasteiger partial charge on any atom is -0.384 e. The summed E-state index contributed by atoms with van der Waals surface area (Å²) in [6, 6.07) is 6.62. The molecule has 2 nitrogen and oxygen atoms in total. The van der Waals surface area contributed by atoms with Gasteiger partial charge in [0.15, 0.2) is 0 Å². The monoisotopic (exact) mass is 294 g/mol. The van der Waals surface area contributed by atoms with Gasteiger partial charge in [-0.2, -0.15) is 0 Å². The molecule has 1 aliphatic heterocycles. The molecule has 0 fully saturated rings. The van der Waals surface area contributed by atoms with Crippen LogP contribution in [-0.4, -0.2) is 0 Å². The quantitative estimate of drug-likeness (QED) is 0.715. The number of aryl methyl sites for hydroxylation is 1. The third kappa shape index (κ3) is 4.39. The average Bonchev–Trinajstić information content (AvgIpc) is 2.52. The van der Waals surface area contributed by atoms with E-state index in [4.69, 9.17) is 0 Å². The lowest BCUT2D eigenvalue weighted by Crippen LogP contribution is -2.14. The van der Waals surface area contributed by atoms with Crippen LogP contribution in [0, 0.1) is 0 Å². The number of fused-ring (bicyclic) bond motifs is 1. The Kier molecular flexibility index (Phi) is 5.65. The van der Waals surface area contributed by atoms with E-state index in [-0.39, 0.29) is 0 Å². The van der Waals surface area contributed by atoms with Gasteiger partial charge in [0.1, 0.15) is 0 Å². The molecule has 0 bridgehead atoms. The smallest absolute Gasteiger partial charge is 0.0417 e. The standard InChI is InChI=1S/C20H26N2/c1-5-7-17(6-2)12-16(4)21-14-18-9-11-19-10-8-15(3)22-20(19)13-18/h5-7,9,11,13,21-22H,3-4,8,10,12,14H2,1-2H3/b7-5-,17-6+. The Morgan fingerprint density at radius 1 is 1.32 bits per heavy atom. The zero-order valence-corrected chi connectivity index (χ0v) is 13.7. The zero-order chi connectivity index (χ0) is 15.9. The Morgan fingerprint density at radius 2 is 2.14 bits per heavy atom. The van der Waals surface area contributed by atoms with Crippen LogP contribution in [-0.2, 0) is 13.0 Å². The van der Waals surface area contributed by atoms with Crippen molar-refractivity contribution in [1.82, 2.24) is 5.32 Å². The molecule has 2 rings (SSSR count). The molecule has 0 aromatic heterocycles. The third-order valence-electron chi connectivity index (χ3n) is 3.89. The molecular formula is C20H26N2. The zero-order valence-electron chi connectivity index (χ0n) is 13.7. The molecule has 0 saturated carbocycles. The minimum absolute atomic E-state index is 0.799. The van der Waals surface area contributed by atoms with Crippen LogP contribution in [0.15, 0.2) is 66.6 Å². The first-order valence-electron chi connectivity index (χ1n) is 7.88. The number of benzene rings is 1. The van der Waals surface area contributed by atoms with Gasteiger partial charge in [0.25, 0.3) is 0 Å². The van der Waals surface area contributed by atoms with E-state index in [0.717, 1.165) is 37.2 Å². The van der Waals surface area contributed by atoms with E-state index in [0.29, 0.717) is 0 Å². The maximum atomic E-state index is 4.12. The number of nitrogens with one attached hydrogen (secondary N) is 2. The second-order valence-corrected chi connectivity index (χ2v) is 5.72. The van der Waals surface area contributed by atoms with Crippen molar-refractivity contribution in [1.29, 1.82) is 0 Å². The fraction of sp³-hybridized carbons (Fsp3) is 0.300. The van der Waals surface area contributed by atoms with E-state index >= 15 is 0 Å². The molecular weight excluding hydrogens is 268 g/mol. The van der Waals surface area contributed by atoms with Crippen LogP contribution in [0.4, 0.5) is 5.69 Å². The highest BCUT2D eigenvalue weighted by molar-refractivity contribution is 5.59. The topological polar surface area (TPSA) is 24.1 Å². The average molecular weight is 294 g/mol. The number of hydrogen-bond donors (Lipinski definition) is 2. The SMILES string of the molecule is C=C(CC(/C=C\C)=C/C)NCc1ccc2c(c1)NC(=C)CC2. The number of hydrogen-bond acceptors (Lipinski definition) is 2. The second kappa shape index (κ2) is 7.69. The van der Waals surface area contributed by atoms with Crippen molar-refractivity contribution < 1.29 is 0 Å². The molecule has 1 aromatic carbocycles. The molecule has 0 amide bonds. The highest BCUT2D eigenvalue weighted by Crippen LogP contribution is 2.27. The molecule has 0 spiro atoms. The molecule has 22 heavy (non-hydrogen) atoms. The first-order valence-corrected chi connectivity index (χ1v) is 7.88. The predicted molar refractivity (Wildman–Crippen MR) is 96.7 cm³/mol. The summed E-state index contributed by atoms with van der Waals surface area (Å²) in [5, 5.41) is 6.80. The molecule has 116 valence electrons. The molecule has 2 N–H and O–H groups in total. The van der Waals surface area contributed by atoms with E-state index in [2.05, 4.69) is 67.1 Å². The third-order valence-corrected chi connectivity index (χ3v) is 3.89. The van der Waals surface area contributed by atoms with Gasteiger partial charge in [0.2, 0.25) is 0 Å². The molecule has 0 saturated heterocycles. The molecule has 0 unspecified atom stereocenters. The molecule has 1 aromatic rings. The first kappa shape index (κ1) is 16.2. The fourth-order valence-corrected chi connectivity index (χ4v) is 2.61. The van der Waals surface area contributed by atoms with Gasteiger partial charge in [0, 0.05) is 30.0 Å². The van der Waals surface area contributed by atoms with Gasteiger partial charge < -0.3 is 10.6 Å². The van der Waals surface area contributed by atoms with Crippen LogP contribution >= 0.6 is 0 Å². The van der Waals surface area contributed by atoms with Crippen molar-refractivity contribution in [2.24, 2.45) is 0 Å². The Balaban J connectivity index is 1.93. The van der Waals surface area contributed by atoms with E-state index in [1.165, 1.54) is 22.4 Å². The van der Waals surface area contributed by atoms with Crippen molar-refractivity contribution in [2.45, 2.75) is 39.7 Å². The van der Waals surface area contributed by atoms with E-state index in [1.807, 2.05) is 6.92 Å². The lowest BCUT2D eigenvalue weighted by atomic mass is 9.99. The largest absolute Gasteiger partial charge is 0.384 e. The Hall–Kier alpha value is -2.22. The highest BCUT2D eigenvalue weighted by atomic mass is 14.9. The maximum Gasteiger partial charge on any atom is 0.0417 e. The summed E-state index contributed by atoms with van der Waals surface area (Å²) in [4.78, 5) is 0. The van der Waals surface area contributed by atoms with Crippen LogP contribution in [0.25, 0.3) is 0 Å². The normalized spacial score (nSPS) is 14.6. The molecule has 1 heterocycles. The Labute approximate surface area is 134 Å². The number of rotatable bonds is 6. The number of anilines is 1. The summed E-state index contributed by atoms with van der Waals surface area (Å²) in [7, 11) is 0. The summed E-state index contributed by atoms with van der Waals surface area (Å²) < 4.78 is 0. The molecule has 1 aliphatic rings. The van der Waals surface area contributed by atoms with E-state index < -0.39 is 0 Å². The van der Waals surface area contributed by atoms with Crippen LogP contribution < -0.4 is 10.6 Å². The van der Waals surface area contributed by atoms with E-state index in [9.17, 15) is 0 Å². The van der Waals surface area contributed by atoms with Crippen LogP contribution in [0.5, 0.6) is 0 Å². The summed E-state index contributed by atoms with van der Waals surface area (Å²) in [6.45, 7) is 13.0. The summed E-state index contributed by atoms with van der Waals surface area (Å²) >= 11 is 0. The van der Waals surface area contributed by atoms with Gasteiger partial charge in [0.05, 0.1) is 0 Å². The van der Waals surface area contributed by atoms with Gasteiger partial charge in [-0.1, -0.05) is 43.5 Å². The summed E-state index contributed by atoms with van der Waals surface area (Å²) in [6.07, 6.45) is 9.28. The van der Waals surface area contributed by atoms with Crippen molar-refractivity contribution >= 4 is 5.69 Å². The molecule has 0 radical (unpaired) electrons. The Morgan fingerprint density at radius 3 is 2.86 bits per heavy atom. The van der Waals surface area contributed by atoms with Crippen molar-refractivity contribution in [3.63, 3.8) is 0 Å². The maximum absolute atomic E-state index is 4.12. The van der Waals surface area contributed by atoms with Crippen LogP contribution in [0.1, 0.15) is 37.8 Å². The Bertz CT molecular complexity index is 621. The summed E-state index contributed by atoms with van der Waals surface area (Å²) in [5.74, 6) is 0. The van der Waals surface area contributed by atoms with Crippen LogP contribution in [0.3, 0.4) is 0 Å². The minimum atomic E-state index is 0.799. The molecule has 0 atom stereocenters. The molecule has 2 heteroatoms. The lowest BCUT2D eigenvalue weighted by molar-refractivity contribution is 0.785. The van der Waals surface area contributed by atoms with E-state index in [1.54, 1.807) is 0 Å². The van der Waals surface area contributed by atoms with Crippen LogP contribution in [0.2, 0.25) is 0 Å². The van der Waals surface area contributed by atoms with Crippen molar-refractivity contribution in [3.8, 4) is 0 Å². The van der Waals surface area contributed by atoms with Gasteiger partial charge >= 0.3 is 0 Å². The summed E-state index contributed by atoms with van der Waals surface area (Å²) in [5.41, 5.74) is 7.26. The fourth-order valence-electron chi connectivity index (χ4n) is 2.61. The number of allylic oxidation sites excluding steroid dienone is 5. The lowest BCUT2D eigenvalue weighted by Gasteiger charge is -2.21. The van der Waals surface area contributed by atoms with Crippen molar-refractivity contribution in [3.05, 3.63) is 77.7 Å². The predicted octanol–water partition coefficient (Wildman–Crippen LogP) is 5.07. The van der Waals surface area contributed by atoms with Gasteiger partial charge in [-0.05, 0) is 49.5 Å². The highest BCUT2D eigenvalue weighted by Gasteiger charge is 2.11.